The van der Waals surface area contributed by atoms with Gasteiger partial charge in [0.1, 0.15) is 0 Å². The van der Waals surface area contributed by atoms with Gasteiger partial charge in [-0.3, -0.25) is 0 Å². The lowest BCUT2D eigenvalue weighted by Gasteiger charge is -2.31. The van der Waals surface area contributed by atoms with Crippen molar-refractivity contribution in [1.29, 1.82) is 0 Å². The van der Waals surface area contributed by atoms with Crippen LogP contribution in [0.15, 0.2) is 12.2 Å². The maximum absolute atomic E-state index is 2.39. The highest BCUT2D eigenvalue weighted by atomic mass is 32.2. The van der Waals surface area contributed by atoms with Crippen LogP contribution in [0.3, 0.4) is 0 Å². The molecule has 0 aromatic carbocycles. The third-order valence-corrected chi connectivity index (χ3v) is 6.28. The summed E-state index contributed by atoms with van der Waals surface area (Å²) in [4.78, 5) is 2.29. The molecule has 0 N–H and O–H groups in total. The van der Waals surface area contributed by atoms with Crippen molar-refractivity contribution < 1.29 is 0 Å². The van der Waals surface area contributed by atoms with Crippen LogP contribution in [0.1, 0.15) is 33.1 Å². The van der Waals surface area contributed by atoms with Crippen molar-refractivity contribution in [3.63, 3.8) is 0 Å². The molecule has 0 aromatic rings. The van der Waals surface area contributed by atoms with Crippen LogP contribution < -0.4 is 0 Å². The summed E-state index contributed by atoms with van der Waals surface area (Å²) in [5.74, 6) is 2.67. The zero-order valence-corrected chi connectivity index (χ0v) is 12.7. The minimum Gasteiger partial charge on any atom is -0.303 e. The number of rotatable bonds is 5. The third-order valence-electron chi connectivity index (χ3n) is 3.03. The highest BCUT2D eigenvalue weighted by Gasteiger charge is 2.26. The van der Waals surface area contributed by atoms with Crippen LogP contribution in [0, 0.1) is 0 Å². The van der Waals surface area contributed by atoms with Gasteiger partial charge in [-0.15, -0.1) is 23.5 Å². The molecule has 94 valence electrons. The maximum atomic E-state index is 2.39. The van der Waals surface area contributed by atoms with E-state index in [1.54, 1.807) is 0 Å². The first-order valence-corrected chi connectivity index (χ1v) is 8.15. The Bertz CT molecular complexity index is 220. The second-order valence-corrected chi connectivity index (χ2v) is 8.21. The Labute approximate surface area is 109 Å². The lowest BCUT2D eigenvalue weighted by Crippen LogP contribution is -2.25. The molecule has 3 heteroatoms. The van der Waals surface area contributed by atoms with Crippen molar-refractivity contribution in [2.24, 2.45) is 0 Å². The average molecular weight is 259 g/mol. The summed E-state index contributed by atoms with van der Waals surface area (Å²) in [6.07, 6.45) is 8.54. The number of thioether (sulfide) groups is 2. The molecule has 1 saturated heterocycles. The fourth-order valence-corrected chi connectivity index (χ4v) is 4.79. The first-order chi connectivity index (χ1) is 7.57. The van der Waals surface area contributed by atoms with E-state index in [4.69, 9.17) is 0 Å². The van der Waals surface area contributed by atoms with E-state index in [1.807, 2.05) is 0 Å². The number of likely N-dealkylation sites (N-methyl/N-ethyl adjacent to an activating group) is 1. The number of nitrogens with zero attached hydrogens (tertiary/aromatic N) is 1. The Morgan fingerprint density at radius 1 is 1.31 bits per heavy atom. The van der Waals surface area contributed by atoms with E-state index < -0.39 is 0 Å². The first-order valence-electron chi connectivity index (χ1n) is 6.18. The average Bonchev–Trinajstić information content (AvgIpc) is 2.25. The fraction of sp³-hybridized carbons (Fsp3) is 0.846. The molecule has 0 amide bonds. The van der Waals surface area contributed by atoms with Gasteiger partial charge in [-0.1, -0.05) is 19.1 Å². The van der Waals surface area contributed by atoms with Crippen LogP contribution >= 0.6 is 23.5 Å². The Hall–Kier alpha value is 0.400. The summed E-state index contributed by atoms with van der Waals surface area (Å²) in [6, 6.07) is 0.599. The van der Waals surface area contributed by atoms with E-state index in [0.29, 0.717) is 10.1 Å². The largest absolute Gasteiger partial charge is 0.303 e. The van der Waals surface area contributed by atoms with Gasteiger partial charge in [0.2, 0.25) is 0 Å². The zero-order chi connectivity index (χ0) is 12.0. The third kappa shape index (κ3) is 4.72. The van der Waals surface area contributed by atoms with Gasteiger partial charge < -0.3 is 4.90 Å². The second-order valence-electron chi connectivity index (χ2n) is 4.76. The molecule has 1 rings (SSSR count). The Morgan fingerprint density at radius 3 is 2.44 bits per heavy atom. The van der Waals surface area contributed by atoms with Gasteiger partial charge in [-0.25, -0.2) is 0 Å². The van der Waals surface area contributed by atoms with Crippen molar-refractivity contribution in [3.8, 4) is 0 Å². The molecular formula is C13H25NS2. The Kier molecular flexibility index (Phi) is 6.30. The summed E-state index contributed by atoms with van der Waals surface area (Å²) in [6.45, 7) is 4.64. The number of hydrogen-bond donors (Lipinski definition) is 0. The molecule has 1 aliphatic rings. The molecule has 16 heavy (non-hydrogen) atoms. The fourth-order valence-electron chi connectivity index (χ4n) is 1.91. The topological polar surface area (TPSA) is 3.24 Å². The van der Waals surface area contributed by atoms with Crippen molar-refractivity contribution >= 4 is 23.5 Å². The predicted octanol–water partition coefficient (Wildman–Crippen LogP) is 3.86. The Balaban J connectivity index is 2.39. The lowest BCUT2D eigenvalue weighted by atomic mass is 10.1. The second kappa shape index (κ2) is 6.97. The molecule has 1 fully saturated rings. The highest BCUT2D eigenvalue weighted by molar-refractivity contribution is 8.18. The Morgan fingerprint density at radius 2 is 1.94 bits per heavy atom. The van der Waals surface area contributed by atoms with Crippen molar-refractivity contribution in [2.75, 3.05) is 25.6 Å². The lowest BCUT2D eigenvalue weighted by molar-refractivity contribution is 0.335. The van der Waals surface area contributed by atoms with Crippen LogP contribution in [0.4, 0.5) is 0 Å². The molecule has 1 nitrogen and oxygen atoms in total. The van der Waals surface area contributed by atoms with Crippen LogP contribution in [0.5, 0.6) is 0 Å². The monoisotopic (exact) mass is 259 g/mol. The summed E-state index contributed by atoms with van der Waals surface area (Å²) >= 11 is 4.26. The summed E-state index contributed by atoms with van der Waals surface area (Å²) in [5.41, 5.74) is 0. The molecule has 0 bridgehead atoms. The quantitative estimate of drug-likeness (QED) is 0.690. The SMILES string of the molecule is CCC(/C=C\CC1(C)SCCCS1)N(C)C. The molecule has 0 radical (unpaired) electrons. The molecule has 1 atom stereocenters. The van der Waals surface area contributed by atoms with Gasteiger partial charge in [0.25, 0.3) is 0 Å². The zero-order valence-electron chi connectivity index (χ0n) is 11.0. The van der Waals surface area contributed by atoms with E-state index in [2.05, 4.69) is 68.5 Å². The van der Waals surface area contributed by atoms with E-state index in [-0.39, 0.29) is 0 Å². The molecule has 0 aromatic heterocycles. The van der Waals surface area contributed by atoms with Gasteiger partial charge in [0, 0.05) is 6.04 Å². The summed E-state index contributed by atoms with van der Waals surface area (Å²) in [5, 5.41) is 0. The molecular weight excluding hydrogens is 234 g/mol. The molecule has 1 aliphatic heterocycles. The van der Waals surface area contributed by atoms with Crippen LogP contribution in [0.2, 0.25) is 0 Å². The van der Waals surface area contributed by atoms with Crippen molar-refractivity contribution in [3.05, 3.63) is 12.2 Å². The van der Waals surface area contributed by atoms with E-state index >= 15 is 0 Å². The normalized spacial score (nSPS) is 22.8. The van der Waals surface area contributed by atoms with Gasteiger partial charge >= 0.3 is 0 Å². The van der Waals surface area contributed by atoms with E-state index in [0.717, 1.165) is 0 Å². The molecule has 1 unspecified atom stereocenters. The molecule has 0 saturated carbocycles. The number of allylic oxidation sites excluding steroid dienone is 1. The summed E-state index contributed by atoms with van der Waals surface area (Å²) in [7, 11) is 4.31. The maximum Gasteiger partial charge on any atom is 0.0617 e. The smallest absolute Gasteiger partial charge is 0.0617 e. The van der Waals surface area contributed by atoms with Gasteiger partial charge in [-0.05, 0) is 51.8 Å². The van der Waals surface area contributed by atoms with Crippen LogP contribution in [-0.4, -0.2) is 40.6 Å². The van der Waals surface area contributed by atoms with Crippen LogP contribution in [0.25, 0.3) is 0 Å². The molecule has 0 aliphatic carbocycles. The molecule has 0 spiro atoms. The standard InChI is InChI=1S/C13H25NS2/c1-5-12(14(3)4)8-6-9-13(2)15-10-7-11-16-13/h6,8,12H,5,7,9-11H2,1-4H3/b8-6-. The number of hydrogen-bond acceptors (Lipinski definition) is 3. The van der Waals surface area contributed by atoms with Crippen molar-refractivity contribution in [2.45, 2.75) is 43.2 Å². The van der Waals surface area contributed by atoms with Gasteiger partial charge in [-0.2, -0.15) is 0 Å². The summed E-state index contributed by atoms with van der Waals surface area (Å²) < 4.78 is 0.430. The van der Waals surface area contributed by atoms with Crippen LogP contribution in [-0.2, 0) is 0 Å². The predicted molar refractivity (Wildman–Crippen MR) is 79.5 cm³/mol. The van der Waals surface area contributed by atoms with Gasteiger partial charge in [0.15, 0.2) is 0 Å². The minimum absolute atomic E-state index is 0.430. The molecule has 1 heterocycles. The van der Waals surface area contributed by atoms with E-state index in [1.165, 1.54) is 30.8 Å². The first kappa shape index (κ1) is 14.5. The minimum atomic E-state index is 0.430. The van der Waals surface area contributed by atoms with Crippen molar-refractivity contribution in [1.82, 2.24) is 4.90 Å². The van der Waals surface area contributed by atoms with E-state index in [9.17, 15) is 0 Å². The van der Waals surface area contributed by atoms with Gasteiger partial charge in [0.05, 0.1) is 4.08 Å². The highest BCUT2D eigenvalue weighted by Crippen LogP contribution is 2.44.